The molecule has 1 N–H and O–H groups in total. The minimum absolute atomic E-state index is 0.0369. The summed E-state index contributed by atoms with van der Waals surface area (Å²) in [6.45, 7) is 1.28. The first-order valence-electron chi connectivity index (χ1n) is 3.77. The van der Waals surface area contributed by atoms with Crippen molar-refractivity contribution in [1.82, 2.24) is 5.32 Å². The first-order chi connectivity index (χ1) is 5.64. The summed E-state index contributed by atoms with van der Waals surface area (Å²) in [5.41, 5.74) is 0. The first-order valence-corrected chi connectivity index (χ1v) is 5.49. The lowest BCUT2D eigenvalue weighted by Crippen LogP contribution is -2.32. The number of rotatable bonds is 4. The van der Waals surface area contributed by atoms with Crippen LogP contribution in [0.4, 0.5) is 0 Å². The highest BCUT2D eigenvalue weighted by molar-refractivity contribution is 7.94. The fourth-order valence-electron chi connectivity index (χ4n) is 1.05. The van der Waals surface area contributed by atoms with Crippen molar-refractivity contribution in [3.8, 4) is 0 Å². The molecule has 1 heterocycles. The van der Waals surface area contributed by atoms with Gasteiger partial charge in [0.25, 0.3) is 0 Å². The van der Waals surface area contributed by atoms with Crippen LogP contribution in [0.2, 0.25) is 0 Å². The van der Waals surface area contributed by atoms with Gasteiger partial charge in [-0.3, -0.25) is 0 Å². The monoisotopic (exact) mass is 191 g/mol. The Morgan fingerprint density at radius 3 is 2.92 bits per heavy atom. The molecule has 1 atom stereocenters. The highest BCUT2D eigenvalue weighted by Crippen LogP contribution is 2.06. The second-order valence-electron chi connectivity index (χ2n) is 2.71. The Labute approximate surface area is 72.5 Å². The fourth-order valence-corrected chi connectivity index (χ4v) is 2.32. The number of nitrogens with one attached hydrogen (secondary N) is 1. The zero-order chi connectivity index (χ0) is 9.03. The number of ether oxygens (including phenoxy) is 1. The Morgan fingerprint density at radius 1 is 1.67 bits per heavy atom. The molecule has 0 radical (unpaired) electrons. The van der Waals surface area contributed by atoms with Crippen molar-refractivity contribution >= 4 is 9.84 Å². The highest BCUT2D eigenvalue weighted by Gasteiger charge is 2.20. The lowest BCUT2D eigenvalue weighted by molar-refractivity contribution is 0.198. The normalized spacial score (nSPS) is 26.2. The van der Waals surface area contributed by atoms with E-state index in [0.29, 0.717) is 13.2 Å². The Balaban J connectivity index is 2.26. The van der Waals surface area contributed by atoms with E-state index in [1.165, 1.54) is 5.41 Å². The van der Waals surface area contributed by atoms with E-state index in [-0.39, 0.29) is 11.8 Å². The molecule has 0 aliphatic carbocycles. The van der Waals surface area contributed by atoms with Gasteiger partial charge in [0.15, 0.2) is 9.84 Å². The van der Waals surface area contributed by atoms with Gasteiger partial charge in [-0.1, -0.05) is 6.08 Å². The van der Waals surface area contributed by atoms with Crippen LogP contribution in [0, 0.1) is 0 Å². The van der Waals surface area contributed by atoms with Gasteiger partial charge in [-0.05, 0) is 0 Å². The van der Waals surface area contributed by atoms with Gasteiger partial charge >= 0.3 is 0 Å². The van der Waals surface area contributed by atoms with E-state index in [1.807, 2.05) is 0 Å². The van der Waals surface area contributed by atoms with Gasteiger partial charge in [0, 0.05) is 25.1 Å². The average Bonchev–Trinajstić information content (AvgIpc) is 2.31. The van der Waals surface area contributed by atoms with Crippen molar-refractivity contribution in [3.63, 3.8) is 0 Å². The molecule has 1 unspecified atom stereocenters. The van der Waals surface area contributed by atoms with Crippen LogP contribution < -0.4 is 5.32 Å². The highest BCUT2D eigenvalue weighted by atomic mass is 32.2. The summed E-state index contributed by atoms with van der Waals surface area (Å²) in [5, 5.41) is 4.31. The van der Waals surface area contributed by atoms with E-state index in [9.17, 15) is 8.42 Å². The molecule has 1 aliphatic heterocycles. The molecular weight excluding hydrogens is 178 g/mol. The molecule has 0 bridgehead atoms. The first kappa shape index (κ1) is 9.70. The molecule has 1 aliphatic rings. The maximum atomic E-state index is 10.9. The van der Waals surface area contributed by atoms with Crippen molar-refractivity contribution in [2.75, 3.05) is 26.0 Å². The summed E-state index contributed by atoms with van der Waals surface area (Å²) in [6, 6.07) is -0.0369. The third-order valence-corrected chi connectivity index (χ3v) is 3.04. The van der Waals surface area contributed by atoms with Crippen LogP contribution in [0.1, 0.15) is 0 Å². The Bertz CT molecular complexity index is 258. The summed E-state index contributed by atoms with van der Waals surface area (Å²) >= 11 is 0. The van der Waals surface area contributed by atoms with E-state index < -0.39 is 9.84 Å². The predicted octanol–water partition coefficient (Wildman–Crippen LogP) is -0.467. The lowest BCUT2D eigenvalue weighted by Gasteiger charge is -2.07. The molecule has 0 aromatic heterocycles. The van der Waals surface area contributed by atoms with E-state index in [0.717, 1.165) is 0 Å². The number of hydrogen-bond donors (Lipinski definition) is 1. The van der Waals surface area contributed by atoms with E-state index in [1.54, 1.807) is 13.2 Å². The van der Waals surface area contributed by atoms with Crippen LogP contribution in [0.25, 0.3) is 0 Å². The molecule has 12 heavy (non-hydrogen) atoms. The van der Waals surface area contributed by atoms with Crippen molar-refractivity contribution < 1.29 is 13.2 Å². The third-order valence-electron chi connectivity index (χ3n) is 1.64. The van der Waals surface area contributed by atoms with Gasteiger partial charge < -0.3 is 10.1 Å². The lowest BCUT2D eigenvalue weighted by atomic mass is 10.3. The minimum Gasteiger partial charge on any atom is -0.383 e. The van der Waals surface area contributed by atoms with Crippen LogP contribution in [-0.4, -0.2) is 40.5 Å². The van der Waals surface area contributed by atoms with Crippen molar-refractivity contribution in [2.45, 2.75) is 6.04 Å². The van der Waals surface area contributed by atoms with Crippen LogP contribution in [0.3, 0.4) is 0 Å². The molecule has 4 nitrogen and oxygen atoms in total. The molecule has 70 valence electrons. The molecule has 1 rings (SSSR count). The van der Waals surface area contributed by atoms with Crippen molar-refractivity contribution in [1.29, 1.82) is 0 Å². The number of hydrogen-bond acceptors (Lipinski definition) is 4. The standard InChI is InChI=1S/C7H13NO3S/c1-11-4-3-8-7-2-5-12(9,10)6-7/h2,5,7-8H,3-4,6H2,1H3. The van der Waals surface area contributed by atoms with Gasteiger partial charge in [0.2, 0.25) is 0 Å². The molecule has 0 saturated heterocycles. The quantitative estimate of drug-likeness (QED) is 0.611. The van der Waals surface area contributed by atoms with E-state index in [2.05, 4.69) is 5.32 Å². The topological polar surface area (TPSA) is 55.4 Å². The molecule has 0 spiro atoms. The van der Waals surface area contributed by atoms with Crippen molar-refractivity contribution in [3.05, 3.63) is 11.5 Å². The molecule has 0 amide bonds. The fraction of sp³-hybridized carbons (Fsp3) is 0.714. The number of sulfone groups is 1. The zero-order valence-corrected chi connectivity index (χ0v) is 7.80. The zero-order valence-electron chi connectivity index (χ0n) is 6.99. The van der Waals surface area contributed by atoms with Gasteiger partial charge in [-0.15, -0.1) is 0 Å². The second kappa shape index (κ2) is 4.02. The van der Waals surface area contributed by atoms with Gasteiger partial charge in [0.05, 0.1) is 12.4 Å². The molecular formula is C7H13NO3S. The largest absolute Gasteiger partial charge is 0.383 e. The van der Waals surface area contributed by atoms with Crippen LogP contribution in [-0.2, 0) is 14.6 Å². The maximum Gasteiger partial charge on any atom is 0.173 e. The SMILES string of the molecule is COCCNC1C=CS(=O)(=O)C1. The van der Waals surface area contributed by atoms with Gasteiger partial charge in [0.1, 0.15) is 0 Å². The second-order valence-corrected chi connectivity index (χ2v) is 4.64. The smallest absolute Gasteiger partial charge is 0.173 e. The number of methoxy groups -OCH3 is 1. The van der Waals surface area contributed by atoms with Crippen molar-refractivity contribution in [2.24, 2.45) is 0 Å². The average molecular weight is 191 g/mol. The molecule has 0 aromatic carbocycles. The van der Waals surface area contributed by atoms with Crippen LogP contribution in [0.5, 0.6) is 0 Å². The van der Waals surface area contributed by atoms with E-state index in [4.69, 9.17) is 4.74 Å². The Morgan fingerprint density at radius 2 is 2.42 bits per heavy atom. The summed E-state index contributed by atoms with van der Waals surface area (Å²) in [7, 11) is -1.30. The summed E-state index contributed by atoms with van der Waals surface area (Å²) < 4.78 is 26.6. The van der Waals surface area contributed by atoms with E-state index >= 15 is 0 Å². The summed E-state index contributed by atoms with van der Waals surface area (Å²) in [4.78, 5) is 0. The summed E-state index contributed by atoms with van der Waals surface area (Å²) in [6.07, 6.45) is 1.67. The molecule has 0 fully saturated rings. The predicted molar refractivity (Wildman–Crippen MR) is 46.6 cm³/mol. The molecule has 0 saturated carbocycles. The van der Waals surface area contributed by atoms with Crippen LogP contribution >= 0.6 is 0 Å². The molecule has 0 aromatic rings. The van der Waals surface area contributed by atoms with Gasteiger partial charge in [-0.2, -0.15) is 0 Å². The Hall–Kier alpha value is -0.390. The Kier molecular flexibility index (Phi) is 3.25. The van der Waals surface area contributed by atoms with Gasteiger partial charge in [-0.25, -0.2) is 8.42 Å². The minimum atomic E-state index is -2.92. The van der Waals surface area contributed by atoms with Crippen LogP contribution in [0.15, 0.2) is 11.5 Å². The third kappa shape index (κ3) is 2.92. The maximum absolute atomic E-state index is 10.9. The summed E-state index contributed by atoms with van der Waals surface area (Å²) in [5.74, 6) is 0.177. The molecule has 5 heteroatoms.